The van der Waals surface area contributed by atoms with E-state index in [4.69, 9.17) is 4.74 Å². The van der Waals surface area contributed by atoms with E-state index in [2.05, 4.69) is 19.2 Å². The van der Waals surface area contributed by atoms with Crippen molar-refractivity contribution in [3.8, 4) is 0 Å². The van der Waals surface area contributed by atoms with E-state index in [1.165, 1.54) is 6.92 Å². The lowest BCUT2D eigenvalue weighted by atomic mass is 10.0. The third-order valence-corrected chi connectivity index (χ3v) is 4.47. The molecular formula is C23H28N2O4. The molecule has 0 saturated heterocycles. The molecule has 0 spiro atoms. The number of anilines is 2. The summed E-state index contributed by atoms with van der Waals surface area (Å²) in [5.74, 6) is -0.446. The van der Waals surface area contributed by atoms with Gasteiger partial charge in [-0.05, 0) is 48.7 Å². The number of rotatable bonds is 8. The summed E-state index contributed by atoms with van der Waals surface area (Å²) in [5, 5.41) is 2.79. The number of benzene rings is 2. The summed E-state index contributed by atoms with van der Waals surface area (Å²) in [4.78, 5) is 37.9. The summed E-state index contributed by atoms with van der Waals surface area (Å²) in [5.41, 5.74) is 2.91. The number of nitrogens with one attached hydrogen (secondary N) is 1. The molecule has 2 amide bonds. The molecule has 6 heteroatoms. The number of hydrogen-bond donors (Lipinski definition) is 1. The van der Waals surface area contributed by atoms with E-state index >= 15 is 0 Å². The fourth-order valence-electron chi connectivity index (χ4n) is 3.01. The monoisotopic (exact) mass is 396 g/mol. The van der Waals surface area contributed by atoms with Crippen LogP contribution in [0.15, 0.2) is 48.5 Å². The molecule has 0 heterocycles. The molecule has 6 nitrogen and oxygen atoms in total. The van der Waals surface area contributed by atoms with Gasteiger partial charge in [-0.1, -0.05) is 32.0 Å². The Morgan fingerprint density at radius 2 is 1.69 bits per heavy atom. The van der Waals surface area contributed by atoms with Gasteiger partial charge in [-0.3, -0.25) is 9.59 Å². The van der Waals surface area contributed by atoms with Crippen molar-refractivity contribution in [1.82, 2.24) is 0 Å². The van der Waals surface area contributed by atoms with Crippen LogP contribution in [0.3, 0.4) is 0 Å². The Morgan fingerprint density at radius 3 is 2.28 bits per heavy atom. The van der Waals surface area contributed by atoms with Crippen LogP contribution in [0.1, 0.15) is 56.0 Å². The first kappa shape index (κ1) is 22.1. The largest absolute Gasteiger partial charge is 0.462 e. The number of amides is 2. The Labute approximate surface area is 171 Å². The van der Waals surface area contributed by atoms with E-state index in [1.54, 1.807) is 36.1 Å². The highest BCUT2D eigenvalue weighted by molar-refractivity contribution is 5.96. The zero-order valence-corrected chi connectivity index (χ0v) is 17.4. The van der Waals surface area contributed by atoms with Crippen LogP contribution >= 0.6 is 0 Å². The molecule has 0 unspecified atom stereocenters. The predicted octanol–water partition coefficient (Wildman–Crippen LogP) is 4.37. The predicted molar refractivity (Wildman–Crippen MR) is 114 cm³/mol. The first-order valence-corrected chi connectivity index (χ1v) is 9.77. The van der Waals surface area contributed by atoms with Crippen molar-refractivity contribution >= 4 is 29.2 Å². The standard InChI is InChI=1S/C23H28N2O4/c1-5-29-23(28)18-10-12-19(13-11-18)24-22(27)14-15-25(17(4)26)21-9-7-6-8-20(21)16(2)3/h6-13,16H,5,14-15H2,1-4H3,(H,24,27). The maximum atomic E-state index is 12.4. The van der Waals surface area contributed by atoms with Crippen LogP contribution in [-0.4, -0.2) is 30.9 Å². The van der Waals surface area contributed by atoms with Crippen LogP contribution in [-0.2, 0) is 14.3 Å². The number of esters is 1. The number of ether oxygens (including phenoxy) is 1. The van der Waals surface area contributed by atoms with Gasteiger partial charge in [0.05, 0.1) is 12.2 Å². The third-order valence-electron chi connectivity index (χ3n) is 4.47. The highest BCUT2D eigenvalue weighted by Gasteiger charge is 2.18. The van der Waals surface area contributed by atoms with Crippen LogP contribution in [0.2, 0.25) is 0 Å². The maximum absolute atomic E-state index is 12.4. The topological polar surface area (TPSA) is 75.7 Å². The molecule has 2 rings (SSSR count). The first-order valence-electron chi connectivity index (χ1n) is 9.77. The SMILES string of the molecule is CCOC(=O)c1ccc(NC(=O)CCN(C(C)=O)c2ccccc2C(C)C)cc1. The highest BCUT2D eigenvalue weighted by atomic mass is 16.5. The van der Waals surface area contributed by atoms with Crippen LogP contribution in [0.25, 0.3) is 0 Å². The number of carbonyl (C=O) groups excluding carboxylic acids is 3. The molecule has 0 fully saturated rings. The van der Waals surface area contributed by atoms with Crippen molar-refractivity contribution in [3.05, 3.63) is 59.7 Å². The van der Waals surface area contributed by atoms with Gasteiger partial charge in [-0.2, -0.15) is 0 Å². The lowest BCUT2D eigenvalue weighted by Gasteiger charge is -2.25. The minimum Gasteiger partial charge on any atom is -0.462 e. The molecular weight excluding hydrogens is 368 g/mol. The quantitative estimate of drug-likeness (QED) is 0.673. The molecule has 154 valence electrons. The minimum atomic E-state index is -0.397. The number of hydrogen-bond acceptors (Lipinski definition) is 4. The second kappa shape index (κ2) is 10.4. The lowest BCUT2D eigenvalue weighted by Crippen LogP contribution is -2.32. The van der Waals surface area contributed by atoms with Gasteiger partial charge in [0.1, 0.15) is 0 Å². The number of para-hydroxylation sites is 1. The van der Waals surface area contributed by atoms with Crippen LogP contribution in [0.5, 0.6) is 0 Å². The molecule has 1 N–H and O–H groups in total. The maximum Gasteiger partial charge on any atom is 0.338 e. The zero-order chi connectivity index (χ0) is 21.4. The molecule has 2 aromatic carbocycles. The summed E-state index contributed by atoms with van der Waals surface area (Å²) >= 11 is 0. The Morgan fingerprint density at radius 1 is 1.03 bits per heavy atom. The van der Waals surface area contributed by atoms with Gasteiger partial charge in [-0.15, -0.1) is 0 Å². The third kappa shape index (κ3) is 6.17. The average molecular weight is 396 g/mol. The van der Waals surface area contributed by atoms with Gasteiger partial charge in [-0.25, -0.2) is 4.79 Å². The second-order valence-electron chi connectivity index (χ2n) is 6.98. The normalized spacial score (nSPS) is 10.5. The van der Waals surface area contributed by atoms with E-state index in [0.29, 0.717) is 17.9 Å². The van der Waals surface area contributed by atoms with Crippen LogP contribution < -0.4 is 10.2 Å². The fourth-order valence-corrected chi connectivity index (χ4v) is 3.01. The van der Waals surface area contributed by atoms with Crippen molar-refractivity contribution in [3.63, 3.8) is 0 Å². The molecule has 0 aromatic heterocycles. The Bertz CT molecular complexity index is 859. The molecule has 2 aromatic rings. The average Bonchev–Trinajstić information content (AvgIpc) is 2.69. The van der Waals surface area contributed by atoms with E-state index in [1.807, 2.05) is 24.3 Å². The summed E-state index contributed by atoms with van der Waals surface area (Å²) in [6, 6.07) is 14.3. The van der Waals surface area contributed by atoms with Gasteiger partial charge < -0.3 is 15.0 Å². The molecule has 0 aliphatic heterocycles. The van der Waals surface area contributed by atoms with Gasteiger partial charge in [0.25, 0.3) is 0 Å². The Kier molecular flexibility index (Phi) is 7.95. The molecule has 0 bridgehead atoms. The van der Waals surface area contributed by atoms with Crippen molar-refractivity contribution < 1.29 is 19.1 Å². The molecule has 0 saturated carbocycles. The van der Waals surface area contributed by atoms with E-state index in [9.17, 15) is 14.4 Å². The van der Waals surface area contributed by atoms with Crippen molar-refractivity contribution in [2.45, 2.75) is 40.0 Å². The molecule has 0 atom stereocenters. The molecule has 0 aliphatic rings. The smallest absolute Gasteiger partial charge is 0.338 e. The van der Waals surface area contributed by atoms with Crippen molar-refractivity contribution in [2.24, 2.45) is 0 Å². The second-order valence-corrected chi connectivity index (χ2v) is 6.98. The van der Waals surface area contributed by atoms with E-state index < -0.39 is 5.97 Å². The van der Waals surface area contributed by atoms with Gasteiger partial charge in [0.2, 0.25) is 11.8 Å². The fraction of sp³-hybridized carbons (Fsp3) is 0.348. The number of carbonyl (C=O) groups is 3. The molecule has 0 aliphatic carbocycles. The Hall–Kier alpha value is -3.15. The highest BCUT2D eigenvalue weighted by Crippen LogP contribution is 2.27. The summed E-state index contributed by atoms with van der Waals surface area (Å²) in [6.07, 6.45) is 0.158. The summed E-state index contributed by atoms with van der Waals surface area (Å²) in [7, 11) is 0. The van der Waals surface area contributed by atoms with Gasteiger partial charge >= 0.3 is 5.97 Å². The molecule has 29 heavy (non-hydrogen) atoms. The van der Waals surface area contributed by atoms with E-state index in [0.717, 1.165) is 11.3 Å². The number of nitrogens with zero attached hydrogens (tertiary/aromatic N) is 1. The van der Waals surface area contributed by atoms with Gasteiger partial charge in [0.15, 0.2) is 0 Å². The first-order chi connectivity index (χ1) is 13.8. The Balaban J connectivity index is 2.01. The van der Waals surface area contributed by atoms with Crippen LogP contribution in [0, 0.1) is 0 Å². The summed E-state index contributed by atoms with van der Waals surface area (Å²) in [6.45, 7) is 7.99. The lowest BCUT2D eigenvalue weighted by molar-refractivity contribution is -0.117. The van der Waals surface area contributed by atoms with Crippen LogP contribution in [0.4, 0.5) is 11.4 Å². The van der Waals surface area contributed by atoms with Crippen molar-refractivity contribution in [1.29, 1.82) is 0 Å². The van der Waals surface area contributed by atoms with Crippen molar-refractivity contribution in [2.75, 3.05) is 23.4 Å². The minimum absolute atomic E-state index is 0.107. The van der Waals surface area contributed by atoms with Gasteiger partial charge in [0, 0.05) is 31.3 Å². The zero-order valence-electron chi connectivity index (χ0n) is 17.4. The summed E-state index contributed by atoms with van der Waals surface area (Å²) < 4.78 is 4.94. The van der Waals surface area contributed by atoms with E-state index in [-0.39, 0.29) is 30.7 Å². The molecule has 0 radical (unpaired) electrons.